The molecule has 1 atom stereocenters. The number of hydrogen-bond donors (Lipinski definition) is 2. The summed E-state index contributed by atoms with van der Waals surface area (Å²) in [7, 11) is -1.09. The van der Waals surface area contributed by atoms with Gasteiger partial charge in [0.1, 0.15) is 0 Å². The summed E-state index contributed by atoms with van der Waals surface area (Å²) in [6, 6.07) is 10.1. The van der Waals surface area contributed by atoms with Crippen LogP contribution in [-0.2, 0) is 16.4 Å². The Balaban J connectivity index is 1.76. The lowest BCUT2D eigenvalue weighted by molar-refractivity contribution is 0.567. The van der Waals surface area contributed by atoms with E-state index in [2.05, 4.69) is 15.6 Å². The van der Waals surface area contributed by atoms with Gasteiger partial charge in [-0.1, -0.05) is 30.3 Å². The van der Waals surface area contributed by atoms with Crippen molar-refractivity contribution < 1.29 is 8.42 Å². The number of aliphatic imine (C=N–C) groups is 1. The quantitative estimate of drug-likeness (QED) is 0.636. The first kappa shape index (κ1) is 14.8. The van der Waals surface area contributed by atoms with Crippen LogP contribution in [-0.4, -0.2) is 39.5 Å². The Hall–Kier alpha value is -1.56. The number of nitrogens with one attached hydrogen (secondary N) is 2. The van der Waals surface area contributed by atoms with Gasteiger partial charge >= 0.3 is 0 Å². The molecule has 1 aromatic carbocycles. The first-order chi connectivity index (χ1) is 9.59. The van der Waals surface area contributed by atoms with Gasteiger partial charge in [-0.2, -0.15) is 0 Å². The number of nitrogens with zero attached hydrogens (tertiary/aromatic N) is 1. The van der Waals surface area contributed by atoms with Crippen LogP contribution in [0.3, 0.4) is 0 Å². The fraction of sp³-hybridized carbons (Fsp3) is 0.500. The summed E-state index contributed by atoms with van der Waals surface area (Å²) in [6.07, 6.45) is 0.741. The van der Waals surface area contributed by atoms with Gasteiger partial charge in [0.25, 0.3) is 0 Å². The van der Waals surface area contributed by atoms with E-state index >= 15 is 0 Å². The van der Waals surface area contributed by atoms with E-state index in [1.165, 1.54) is 5.56 Å². The number of rotatable bonds is 4. The van der Waals surface area contributed by atoms with Gasteiger partial charge in [-0.3, -0.25) is 4.99 Å². The highest BCUT2D eigenvalue weighted by Gasteiger charge is 2.27. The van der Waals surface area contributed by atoms with Crippen LogP contribution in [0.5, 0.6) is 0 Å². The van der Waals surface area contributed by atoms with Gasteiger partial charge in [0, 0.05) is 20.1 Å². The Bertz CT molecular complexity index is 555. The molecule has 1 heterocycles. The van der Waals surface area contributed by atoms with Crippen LogP contribution in [0.15, 0.2) is 35.3 Å². The number of sulfone groups is 1. The Morgan fingerprint density at radius 2 is 2.05 bits per heavy atom. The average Bonchev–Trinajstić information content (AvgIpc) is 2.80. The van der Waals surface area contributed by atoms with E-state index in [0.717, 1.165) is 6.42 Å². The number of benzene rings is 1. The molecule has 0 aliphatic carbocycles. The highest BCUT2D eigenvalue weighted by Crippen LogP contribution is 2.17. The third-order valence-corrected chi connectivity index (χ3v) is 5.25. The normalized spacial score (nSPS) is 21.6. The molecule has 2 rings (SSSR count). The molecular weight excluding hydrogens is 274 g/mol. The molecule has 1 fully saturated rings. The molecule has 0 aromatic heterocycles. The minimum atomic E-state index is -2.81. The first-order valence-corrected chi connectivity index (χ1v) is 8.60. The molecule has 20 heavy (non-hydrogen) atoms. The van der Waals surface area contributed by atoms with Crippen molar-refractivity contribution in [1.82, 2.24) is 10.6 Å². The van der Waals surface area contributed by atoms with Gasteiger partial charge in [0.15, 0.2) is 15.8 Å². The molecule has 0 saturated carbocycles. The van der Waals surface area contributed by atoms with Crippen LogP contribution in [0.4, 0.5) is 0 Å². The summed E-state index contributed by atoms with van der Waals surface area (Å²) in [5, 5.41) is 6.41. The molecule has 1 aliphatic rings. The Kier molecular flexibility index (Phi) is 5.00. The SMILES string of the molecule is CN=C(NCc1ccccc1)NCC1CCS(=O)(=O)C1. The van der Waals surface area contributed by atoms with Gasteiger partial charge in [-0.05, 0) is 17.9 Å². The first-order valence-electron chi connectivity index (χ1n) is 6.78. The van der Waals surface area contributed by atoms with Crippen molar-refractivity contribution in [2.45, 2.75) is 13.0 Å². The summed E-state index contributed by atoms with van der Waals surface area (Å²) < 4.78 is 22.8. The Morgan fingerprint density at radius 3 is 2.65 bits per heavy atom. The molecule has 0 bridgehead atoms. The van der Waals surface area contributed by atoms with E-state index in [0.29, 0.717) is 24.8 Å². The maximum atomic E-state index is 11.4. The average molecular weight is 295 g/mol. The van der Waals surface area contributed by atoms with Gasteiger partial charge < -0.3 is 10.6 Å². The molecular formula is C14H21N3O2S. The molecule has 1 aromatic rings. The van der Waals surface area contributed by atoms with Gasteiger partial charge in [0.05, 0.1) is 11.5 Å². The van der Waals surface area contributed by atoms with Crippen LogP contribution in [0.25, 0.3) is 0 Å². The van der Waals surface area contributed by atoms with E-state index in [1.54, 1.807) is 7.05 Å². The summed E-state index contributed by atoms with van der Waals surface area (Å²) in [5.41, 5.74) is 1.18. The predicted molar refractivity (Wildman–Crippen MR) is 81.4 cm³/mol. The maximum Gasteiger partial charge on any atom is 0.191 e. The van der Waals surface area contributed by atoms with Crippen molar-refractivity contribution in [3.63, 3.8) is 0 Å². The van der Waals surface area contributed by atoms with Crippen LogP contribution < -0.4 is 10.6 Å². The summed E-state index contributed by atoms with van der Waals surface area (Å²) >= 11 is 0. The maximum absolute atomic E-state index is 11.4. The van der Waals surface area contributed by atoms with Gasteiger partial charge in [-0.25, -0.2) is 8.42 Å². The minimum Gasteiger partial charge on any atom is -0.356 e. The fourth-order valence-electron chi connectivity index (χ4n) is 2.28. The molecule has 110 valence electrons. The van der Waals surface area contributed by atoms with Crippen molar-refractivity contribution in [2.24, 2.45) is 10.9 Å². The largest absolute Gasteiger partial charge is 0.356 e. The lowest BCUT2D eigenvalue weighted by Gasteiger charge is -2.14. The second-order valence-electron chi connectivity index (χ2n) is 5.06. The van der Waals surface area contributed by atoms with Crippen molar-refractivity contribution in [3.05, 3.63) is 35.9 Å². The zero-order chi connectivity index (χ0) is 14.4. The third kappa shape index (κ3) is 4.52. The van der Waals surface area contributed by atoms with E-state index in [9.17, 15) is 8.42 Å². The van der Waals surface area contributed by atoms with Gasteiger partial charge in [-0.15, -0.1) is 0 Å². The topological polar surface area (TPSA) is 70.6 Å². The highest BCUT2D eigenvalue weighted by molar-refractivity contribution is 7.91. The minimum absolute atomic E-state index is 0.190. The van der Waals surface area contributed by atoms with E-state index in [1.807, 2.05) is 30.3 Å². The standard InChI is InChI=1S/C14H21N3O2S/c1-15-14(16-9-12-5-3-2-4-6-12)17-10-13-7-8-20(18,19)11-13/h2-6,13H,7-11H2,1H3,(H2,15,16,17). The van der Waals surface area contributed by atoms with Gasteiger partial charge in [0.2, 0.25) is 0 Å². The third-order valence-electron chi connectivity index (χ3n) is 3.41. The van der Waals surface area contributed by atoms with E-state index in [-0.39, 0.29) is 11.7 Å². The molecule has 0 radical (unpaired) electrons. The lowest BCUT2D eigenvalue weighted by Crippen LogP contribution is -2.39. The van der Waals surface area contributed by atoms with Crippen molar-refractivity contribution in [3.8, 4) is 0 Å². The molecule has 1 aliphatic heterocycles. The number of guanidine groups is 1. The molecule has 0 spiro atoms. The fourth-order valence-corrected chi connectivity index (χ4v) is 4.14. The summed E-state index contributed by atoms with van der Waals surface area (Å²) in [5.74, 6) is 1.50. The summed E-state index contributed by atoms with van der Waals surface area (Å²) in [4.78, 5) is 4.15. The molecule has 1 saturated heterocycles. The zero-order valence-corrected chi connectivity index (χ0v) is 12.5. The molecule has 1 unspecified atom stereocenters. The van der Waals surface area contributed by atoms with Crippen LogP contribution >= 0.6 is 0 Å². The van der Waals surface area contributed by atoms with Crippen molar-refractivity contribution in [2.75, 3.05) is 25.1 Å². The van der Waals surface area contributed by atoms with Crippen LogP contribution in [0, 0.1) is 5.92 Å². The second-order valence-corrected chi connectivity index (χ2v) is 7.29. The Morgan fingerprint density at radius 1 is 1.30 bits per heavy atom. The zero-order valence-electron chi connectivity index (χ0n) is 11.7. The highest BCUT2D eigenvalue weighted by atomic mass is 32.2. The van der Waals surface area contributed by atoms with Crippen molar-refractivity contribution in [1.29, 1.82) is 0 Å². The van der Waals surface area contributed by atoms with Crippen LogP contribution in [0.2, 0.25) is 0 Å². The van der Waals surface area contributed by atoms with Crippen LogP contribution in [0.1, 0.15) is 12.0 Å². The molecule has 6 heteroatoms. The molecule has 2 N–H and O–H groups in total. The number of hydrogen-bond acceptors (Lipinski definition) is 3. The monoisotopic (exact) mass is 295 g/mol. The van der Waals surface area contributed by atoms with E-state index in [4.69, 9.17) is 0 Å². The predicted octanol–water partition coefficient (Wildman–Crippen LogP) is 0.786. The second kappa shape index (κ2) is 6.74. The lowest BCUT2D eigenvalue weighted by atomic mass is 10.1. The summed E-state index contributed by atoms with van der Waals surface area (Å²) in [6.45, 7) is 1.34. The van der Waals surface area contributed by atoms with E-state index < -0.39 is 9.84 Å². The molecule has 5 nitrogen and oxygen atoms in total. The smallest absolute Gasteiger partial charge is 0.191 e. The Labute approximate surface area is 120 Å². The molecule has 0 amide bonds. The van der Waals surface area contributed by atoms with Crippen molar-refractivity contribution >= 4 is 15.8 Å².